The van der Waals surface area contributed by atoms with Crippen LogP contribution in [0.3, 0.4) is 0 Å². The maximum Gasteiger partial charge on any atom is 0.0499 e. The van der Waals surface area contributed by atoms with Gasteiger partial charge in [-0.1, -0.05) is 90.1 Å². The third-order valence-corrected chi connectivity index (χ3v) is 12.6. The summed E-state index contributed by atoms with van der Waals surface area (Å²) in [7, 11) is 3.48. The van der Waals surface area contributed by atoms with Gasteiger partial charge in [0.25, 0.3) is 0 Å². The molecule has 0 amide bonds. The van der Waals surface area contributed by atoms with Crippen molar-refractivity contribution in [1.82, 2.24) is 41.7 Å². The van der Waals surface area contributed by atoms with Crippen molar-refractivity contribution in [1.29, 1.82) is 0 Å². The fourth-order valence-electron chi connectivity index (χ4n) is 7.67. The minimum absolute atomic E-state index is 0.583. The third kappa shape index (κ3) is 46.8. The summed E-state index contributed by atoms with van der Waals surface area (Å²) in [5, 5.41) is 20.4. The second-order valence-electron chi connectivity index (χ2n) is 19.7. The van der Waals surface area contributed by atoms with E-state index in [1.807, 2.05) is 0 Å². The Balaban J connectivity index is 0. The first-order chi connectivity index (χ1) is 35.5. The average molecular weight is 1030 g/mol. The van der Waals surface area contributed by atoms with E-state index in [1.54, 1.807) is 14.2 Å². The molecule has 18 N–H and O–H groups in total. The summed E-state index contributed by atoms with van der Waals surface area (Å²) in [4.78, 5) is 4.79. The Kier molecular flexibility index (Phi) is 55.9. The molecule has 4 unspecified atom stereocenters. The van der Waals surface area contributed by atoms with E-state index in [0.717, 1.165) is 170 Å². The van der Waals surface area contributed by atoms with Gasteiger partial charge in [0.05, 0.1) is 0 Å². The van der Waals surface area contributed by atoms with Gasteiger partial charge in [0, 0.05) is 106 Å². The number of nitrogens with one attached hydrogen (secondary N) is 6. The molecule has 0 aliphatic carbocycles. The molecule has 430 valence electrons. The van der Waals surface area contributed by atoms with Crippen LogP contribution in [-0.2, 0) is 22.6 Å². The molecule has 2 rings (SSSR count). The van der Waals surface area contributed by atoms with Crippen molar-refractivity contribution in [3.8, 4) is 0 Å². The van der Waals surface area contributed by atoms with Crippen molar-refractivity contribution in [3.63, 3.8) is 0 Å². The number of methoxy groups -OCH3 is 2. The molecule has 73 heavy (non-hydrogen) atoms. The molecule has 0 heterocycles. The highest BCUT2D eigenvalue weighted by Gasteiger charge is 2.07. The predicted octanol–water partition coefficient (Wildman–Crippen LogP) is 3.78. The molecule has 0 saturated carbocycles. The average Bonchev–Trinajstić information content (AvgIpc) is 3.40. The minimum atomic E-state index is 0.583. The summed E-state index contributed by atoms with van der Waals surface area (Å²) in [6, 6.07) is 18.0. The SMILES string of the molecule is CCC(C)c1ccc(CNCCCN(CCCN)CCCN)cc1.CCC(C)c1ccc(CNCCN(CCN)CCN)cc1.COCC(C)CNCCCNCCCN.COCC(C)CNCCNCCN. The molecule has 0 aliphatic rings. The maximum atomic E-state index is 5.62. The Morgan fingerprint density at radius 1 is 0.397 bits per heavy atom. The van der Waals surface area contributed by atoms with Crippen molar-refractivity contribution in [2.24, 2.45) is 46.2 Å². The van der Waals surface area contributed by atoms with Crippen molar-refractivity contribution < 1.29 is 9.47 Å². The van der Waals surface area contributed by atoms with Crippen LogP contribution in [0.2, 0.25) is 0 Å². The molecule has 0 saturated heterocycles. The lowest BCUT2D eigenvalue weighted by atomic mass is 9.98. The Labute approximate surface area is 449 Å². The highest BCUT2D eigenvalue weighted by Crippen LogP contribution is 2.19. The monoisotopic (exact) mass is 1030 g/mol. The largest absolute Gasteiger partial charge is 0.384 e. The van der Waals surface area contributed by atoms with E-state index in [9.17, 15) is 0 Å². The first-order valence-corrected chi connectivity index (χ1v) is 28.6. The number of hydrogen-bond donors (Lipinski definition) is 12. The van der Waals surface area contributed by atoms with E-state index in [4.69, 9.17) is 43.9 Å². The summed E-state index contributed by atoms with van der Waals surface area (Å²) >= 11 is 0. The van der Waals surface area contributed by atoms with Crippen LogP contribution in [-0.4, -0.2) is 181 Å². The fourth-order valence-corrected chi connectivity index (χ4v) is 7.67. The van der Waals surface area contributed by atoms with E-state index >= 15 is 0 Å². The van der Waals surface area contributed by atoms with E-state index in [-0.39, 0.29) is 0 Å². The number of nitrogens with two attached hydrogens (primary N) is 6. The van der Waals surface area contributed by atoms with Gasteiger partial charge in [-0.2, -0.15) is 0 Å². The van der Waals surface area contributed by atoms with E-state index in [0.29, 0.717) is 43.3 Å². The van der Waals surface area contributed by atoms with Crippen molar-refractivity contribution in [2.45, 2.75) is 111 Å². The second-order valence-corrected chi connectivity index (χ2v) is 19.7. The van der Waals surface area contributed by atoms with Gasteiger partial charge in [0.15, 0.2) is 0 Å². The van der Waals surface area contributed by atoms with Crippen LogP contribution >= 0.6 is 0 Å². The summed E-state index contributed by atoms with van der Waals surface area (Å²) in [5.74, 6) is 2.48. The van der Waals surface area contributed by atoms with Crippen LogP contribution in [0, 0.1) is 11.8 Å². The smallest absolute Gasteiger partial charge is 0.0499 e. The van der Waals surface area contributed by atoms with Crippen molar-refractivity contribution >= 4 is 0 Å². The molecule has 0 fully saturated rings. The lowest BCUT2D eigenvalue weighted by Crippen LogP contribution is -2.38. The lowest BCUT2D eigenvalue weighted by molar-refractivity contribution is 0.158. The Morgan fingerprint density at radius 2 is 0.795 bits per heavy atom. The molecule has 2 aromatic rings. The van der Waals surface area contributed by atoms with Crippen LogP contribution in [0.4, 0.5) is 0 Å². The fraction of sp³-hybridized carbons (Fsp3) is 0.789. The molecule has 0 radical (unpaired) electrons. The normalized spacial score (nSPS) is 12.9. The first-order valence-electron chi connectivity index (χ1n) is 28.6. The van der Waals surface area contributed by atoms with Crippen LogP contribution in [0.25, 0.3) is 0 Å². The quantitative estimate of drug-likeness (QED) is 0.0422. The summed E-state index contributed by atoms with van der Waals surface area (Å²) < 4.78 is 10.1. The Morgan fingerprint density at radius 3 is 1.25 bits per heavy atom. The van der Waals surface area contributed by atoms with Crippen LogP contribution in [0.15, 0.2) is 48.5 Å². The zero-order chi connectivity index (χ0) is 54.4. The highest BCUT2D eigenvalue weighted by atomic mass is 16.5. The first kappa shape index (κ1) is 72.9. The van der Waals surface area contributed by atoms with Gasteiger partial charge in [-0.05, 0) is 169 Å². The van der Waals surface area contributed by atoms with Crippen molar-refractivity contribution in [2.75, 3.05) is 171 Å². The van der Waals surface area contributed by atoms with E-state index in [2.05, 4.69) is 132 Å². The predicted molar refractivity (Wildman–Crippen MR) is 318 cm³/mol. The maximum absolute atomic E-state index is 5.62. The van der Waals surface area contributed by atoms with E-state index in [1.165, 1.54) is 47.9 Å². The highest BCUT2D eigenvalue weighted by molar-refractivity contribution is 5.25. The number of rotatable bonds is 45. The third-order valence-electron chi connectivity index (χ3n) is 12.6. The minimum Gasteiger partial charge on any atom is -0.384 e. The van der Waals surface area contributed by atoms with Gasteiger partial charge in [0.2, 0.25) is 0 Å². The lowest BCUT2D eigenvalue weighted by Gasteiger charge is -2.21. The summed E-state index contributed by atoms with van der Waals surface area (Å²) in [6.45, 7) is 37.6. The molecule has 0 aromatic heterocycles. The molecule has 2 aromatic carbocycles. The number of ether oxygens (including phenoxy) is 2. The molecular formula is C57H120N14O2. The topological polar surface area (TPSA) is 253 Å². The molecule has 0 aliphatic heterocycles. The molecular weight excluding hydrogens is 913 g/mol. The molecule has 0 spiro atoms. The number of hydrogen-bond acceptors (Lipinski definition) is 16. The van der Waals surface area contributed by atoms with Gasteiger partial charge in [0.1, 0.15) is 0 Å². The van der Waals surface area contributed by atoms with Crippen LogP contribution < -0.4 is 66.3 Å². The number of nitrogens with zero attached hydrogens (tertiary/aromatic N) is 2. The Hall–Kier alpha value is -2.20. The van der Waals surface area contributed by atoms with E-state index < -0.39 is 0 Å². The molecule has 4 atom stereocenters. The van der Waals surface area contributed by atoms with Gasteiger partial charge in [-0.15, -0.1) is 0 Å². The summed E-state index contributed by atoms with van der Waals surface area (Å²) in [5.41, 5.74) is 38.7. The van der Waals surface area contributed by atoms with Gasteiger partial charge in [-0.25, -0.2) is 0 Å². The molecule has 16 heteroatoms. The zero-order valence-corrected chi connectivity index (χ0v) is 48.4. The zero-order valence-electron chi connectivity index (χ0n) is 48.4. The molecule has 0 bridgehead atoms. The summed E-state index contributed by atoms with van der Waals surface area (Å²) in [6.07, 6.45) is 7.93. The molecule has 16 nitrogen and oxygen atoms in total. The second kappa shape index (κ2) is 56.0. The van der Waals surface area contributed by atoms with Gasteiger partial charge in [-0.3, -0.25) is 4.90 Å². The van der Waals surface area contributed by atoms with Crippen LogP contribution in [0.5, 0.6) is 0 Å². The Bertz CT molecular complexity index is 1350. The number of benzene rings is 2. The van der Waals surface area contributed by atoms with Crippen molar-refractivity contribution in [3.05, 3.63) is 70.8 Å². The standard InChI is InChI=1S/C20H38N4.C17H32N4.C11H27N3O.C9H23N3O/c1-3-18(2)20-9-7-19(8-10-20)17-23-13-6-16-24(14-4-11-21)15-5-12-22;1-3-15(2)17-6-4-16(5-7-17)14-20-10-13-21(11-8-18)12-9-19;1-11(10-15-2)9-14-8-4-7-13-6-3-5-12;1-9(8-13-2)7-12-6-5-11-4-3-10/h7-10,18,23H,3-6,11-17,21-22H2,1-2H3;4-7,15,20H,3,8-14,18-19H2,1-2H3;11,13-14H,3-10,12H2,1-2H3;9,11-12H,3-8,10H2,1-2H3. The van der Waals surface area contributed by atoms with Gasteiger partial charge >= 0.3 is 0 Å². The van der Waals surface area contributed by atoms with Gasteiger partial charge < -0.3 is 80.7 Å². The van der Waals surface area contributed by atoms with Crippen LogP contribution in [0.1, 0.15) is 121 Å².